The Morgan fingerprint density at radius 1 is 1.13 bits per heavy atom. The highest BCUT2D eigenvalue weighted by atomic mass is 19.3. The molecule has 0 aliphatic carbocycles. The third-order valence-electron chi connectivity index (χ3n) is 5.15. The minimum Gasteiger partial charge on any atom is -0.481 e. The minimum absolute atomic E-state index is 0.0823. The van der Waals surface area contributed by atoms with E-state index >= 15 is 0 Å². The molecule has 7 nitrogen and oxygen atoms in total. The summed E-state index contributed by atoms with van der Waals surface area (Å²) in [5.74, 6) is 0.591. The summed E-state index contributed by atoms with van der Waals surface area (Å²) < 4.78 is 43.7. The van der Waals surface area contributed by atoms with Crippen LogP contribution in [-0.4, -0.2) is 39.7 Å². The molecule has 1 aromatic carbocycles. The largest absolute Gasteiger partial charge is 0.481 e. The molecule has 1 aliphatic rings. The zero-order chi connectivity index (χ0) is 21.4. The number of hydrogen-bond acceptors (Lipinski definition) is 6. The number of rotatable bonds is 5. The van der Waals surface area contributed by atoms with E-state index in [1.165, 1.54) is 6.07 Å². The van der Waals surface area contributed by atoms with E-state index in [4.69, 9.17) is 14.2 Å². The maximum atomic E-state index is 12.9. The van der Waals surface area contributed by atoms with Crippen LogP contribution in [0.1, 0.15) is 23.1 Å². The van der Waals surface area contributed by atoms with Crippen molar-refractivity contribution in [3.63, 3.8) is 0 Å². The van der Waals surface area contributed by atoms with Gasteiger partial charge in [-0.25, -0.2) is 9.97 Å². The van der Waals surface area contributed by atoms with Crippen molar-refractivity contribution in [1.82, 2.24) is 19.4 Å². The van der Waals surface area contributed by atoms with Gasteiger partial charge in [-0.05, 0) is 12.1 Å². The molecule has 0 amide bonds. The Labute approximate surface area is 176 Å². The molecular formula is C22H18F2N4O3. The summed E-state index contributed by atoms with van der Waals surface area (Å²) in [6.07, 6.45) is 5.22. The Morgan fingerprint density at radius 3 is 2.77 bits per heavy atom. The van der Waals surface area contributed by atoms with Crippen LogP contribution in [0.5, 0.6) is 11.6 Å². The molecule has 31 heavy (non-hydrogen) atoms. The highest BCUT2D eigenvalue weighted by molar-refractivity contribution is 5.60. The first kappa shape index (κ1) is 19.4. The van der Waals surface area contributed by atoms with Gasteiger partial charge in [-0.3, -0.25) is 9.38 Å². The number of para-hydroxylation sites is 1. The van der Waals surface area contributed by atoms with Crippen molar-refractivity contribution in [2.45, 2.75) is 19.1 Å². The number of ether oxygens (including phenoxy) is 3. The van der Waals surface area contributed by atoms with Gasteiger partial charge in [0, 0.05) is 36.0 Å². The molecule has 0 radical (unpaired) electrons. The first-order valence-electron chi connectivity index (χ1n) is 9.66. The molecular weight excluding hydrogens is 406 g/mol. The van der Waals surface area contributed by atoms with Crippen molar-refractivity contribution in [1.29, 1.82) is 0 Å². The van der Waals surface area contributed by atoms with E-state index < -0.39 is 12.7 Å². The second-order valence-corrected chi connectivity index (χ2v) is 6.95. The quantitative estimate of drug-likeness (QED) is 0.481. The highest BCUT2D eigenvalue weighted by Gasteiger charge is 2.30. The lowest BCUT2D eigenvalue weighted by Gasteiger charge is -2.25. The van der Waals surface area contributed by atoms with E-state index in [9.17, 15) is 8.78 Å². The highest BCUT2D eigenvalue weighted by Crippen LogP contribution is 2.38. The number of benzene rings is 1. The van der Waals surface area contributed by atoms with E-state index in [1.807, 2.05) is 16.7 Å². The van der Waals surface area contributed by atoms with Crippen molar-refractivity contribution < 1.29 is 23.0 Å². The van der Waals surface area contributed by atoms with Gasteiger partial charge in [-0.1, -0.05) is 18.2 Å². The number of nitrogens with zero attached hydrogens (tertiary/aromatic N) is 4. The Hall–Kier alpha value is -3.59. The third kappa shape index (κ3) is 3.57. The van der Waals surface area contributed by atoms with Crippen LogP contribution in [0, 0.1) is 0 Å². The minimum atomic E-state index is -2.93. The second kappa shape index (κ2) is 7.92. The number of methoxy groups -OCH3 is 1. The summed E-state index contributed by atoms with van der Waals surface area (Å²) >= 11 is 0. The molecule has 4 aromatic rings. The van der Waals surface area contributed by atoms with Gasteiger partial charge in [0.2, 0.25) is 5.88 Å². The van der Waals surface area contributed by atoms with Crippen LogP contribution in [0.15, 0.2) is 55.0 Å². The predicted molar refractivity (Wildman–Crippen MR) is 107 cm³/mol. The standard InChI is InChI=1S/C22H18F2N4O3/c1-29-19-7-6-13(10-26-19)16-12-28-18(11-25-16)27-15-8-9-30-21(20(15)28)14-4-2-3-5-17(14)31-22(23)24/h2-7,10-12,21-22H,8-9H2,1H3. The van der Waals surface area contributed by atoms with Gasteiger partial charge in [0.25, 0.3) is 0 Å². The Morgan fingerprint density at radius 2 is 2.00 bits per heavy atom. The predicted octanol–water partition coefficient (Wildman–Crippen LogP) is 4.06. The summed E-state index contributed by atoms with van der Waals surface area (Å²) in [4.78, 5) is 13.4. The van der Waals surface area contributed by atoms with Gasteiger partial charge in [0.05, 0.1) is 37.0 Å². The SMILES string of the molecule is COc1ccc(-c2cn3c4c(nc3cn2)CCOC4c2ccccc2OC(F)F)cn1. The molecule has 0 saturated carbocycles. The van der Waals surface area contributed by atoms with Crippen LogP contribution < -0.4 is 9.47 Å². The molecule has 5 rings (SSSR count). The van der Waals surface area contributed by atoms with Crippen molar-refractivity contribution in [2.24, 2.45) is 0 Å². The number of halogens is 2. The summed E-state index contributed by atoms with van der Waals surface area (Å²) in [6.45, 7) is -2.50. The molecule has 0 saturated heterocycles. The van der Waals surface area contributed by atoms with Crippen molar-refractivity contribution in [3.05, 3.63) is 71.9 Å². The third-order valence-corrected chi connectivity index (χ3v) is 5.15. The fourth-order valence-electron chi connectivity index (χ4n) is 3.77. The lowest BCUT2D eigenvalue weighted by molar-refractivity contribution is -0.0522. The molecule has 0 spiro atoms. The number of fused-ring (bicyclic) bond motifs is 3. The van der Waals surface area contributed by atoms with Gasteiger partial charge in [-0.15, -0.1) is 0 Å². The fourth-order valence-corrected chi connectivity index (χ4v) is 3.77. The Bertz CT molecular complexity index is 1230. The van der Waals surface area contributed by atoms with Gasteiger partial charge in [0.15, 0.2) is 5.65 Å². The molecule has 1 aliphatic heterocycles. The van der Waals surface area contributed by atoms with E-state index in [1.54, 1.807) is 43.8 Å². The van der Waals surface area contributed by atoms with E-state index in [0.29, 0.717) is 35.8 Å². The average Bonchev–Trinajstić information content (AvgIpc) is 3.17. The molecule has 1 unspecified atom stereocenters. The molecule has 3 aromatic heterocycles. The fraction of sp³-hybridized carbons (Fsp3) is 0.227. The number of alkyl halides is 2. The molecule has 0 bridgehead atoms. The van der Waals surface area contributed by atoms with Gasteiger partial charge in [-0.2, -0.15) is 8.78 Å². The molecule has 1 atom stereocenters. The van der Waals surface area contributed by atoms with Crippen LogP contribution in [0.2, 0.25) is 0 Å². The van der Waals surface area contributed by atoms with E-state index in [0.717, 1.165) is 17.0 Å². The zero-order valence-electron chi connectivity index (χ0n) is 16.5. The van der Waals surface area contributed by atoms with Crippen molar-refractivity contribution in [2.75, 3.05) is 13.7 Å². The first-order chi connectivity index (χ1) is 15.1. The van der Waals surface area contributed by atoms with Crippen molar-refractivity contribution >= 4 is 5.65 Å². The molecule has 4 heterocycles. The lowest BCUT2D eigenvalue weighted by atomic mass is 10.0. The Kier molecular flexibility index (Phi) is 4.95. The normalized spacial score (nSPS) is 15.8. The van der Waals surface area contributed by atoms with Gasteiger partial charge in [0.1, 0.15) is 11.9 Å². The summed E-state index contributed by atoms with van der Waals surface area (Å²) in [5.41, 5.74) is 4.28. The van der Waals surface area contributed by atoms with Crippen LogP contribution in [0.3, 0.4) is 0 Å². The van der Waals surface area contributed by atoms with Crippen LogP contribution in [0.25, 0.3) is 16.9 Å². The number of pyridine rings is 1. The maximum absolute atomic E-state index is 12.9. The second-order valence-electron chi connectivity index (χ2n) is 6.95. The average molecular weight is 424 g/mol. The zero-order valence-corrected chi connectivity index (χ0v) is 16.5. The molecule has 158 valence electrons. The summed E-state index contributed by atoms with van der Waals surface area (Å²) in [6, 6.07) is 10.3. The van der Waals surface area contributed by atoms with E-state index in [2.05, 4.69) is 15.0 Å². The number of aromatic nitrogens is 4. The topological polar surface area (TPSA) is 70.8 Å². The maximum Gasteiger partial charge on any atom is 0.387 e. The van der Waals surface area contributed by atoms with Crippen LogP contribution in [0.4, 0.5) is 8.78 Å². The van der Waals surface area contributed by atoms with Gasteiger partial charge >= 0.3 is 6.61 Å². The van der Waals surface area contributed by atoms with Crippen LogP contribution >= 0.6 is 0 Å². The summed E-state index contributed by atoms with van der Waals surface area (Å²) in [5, 5.41) is 0. The van der Waals surface area contributed by atoms with E-state index in [-0.39, 0.29) is 5.75 Å². The number of imidazole rings is 1. The molecule has 0 fully saturated rings. The summed E-state index contributed by atoms with van der Waals surface area (Å²) in [7, 11) is 1.56. The number of hydrogen-bond donors (Lipinski definition) is 0. The first-order valence-corrected chi connectivity index (χ1v) is 9.66. The lowest BCUT2D eigenvalue weighted by Crippen LogP contribution is -2.20. The monoisotopic (exact) mass is 424 g/mol. The smallest absolute Gasteiger partial charge is 0.387 e. The van der Waals surface area contributed by atoms with Crippen LogP contribution in [-0.2, 0) is 11.2 Å². The Balaban J connectivity index is 1.62. The molecule has 0 N–H and O–H groups in total. The van der Waals surface area contributed by atoms with Crippen molar-refractivity contribution in [3.8, 4) is 22.9 Å². The molecule has 9 heteroatoms. The van der Waals surface area contributed by atoms with Gasteiger partial charge < -0.3 is 14.2 Å².